The van der Waals surface area contributed by atoms with Crippen molar-refractivity contribution in [3.05, 3.63) is 40.8 Å². The van der Waals surface area contributed by atoms with Crippen LogP contribution in [0.4, 0.5) is 5.00 Å². The van der Waals surface area contributed by atoms with Crippen LogP contribution in [-0.4, -0.2) is 53.7 Å². The van der Waals surface area contributed by atoms with Gasteiger partial charge in [0.15, 0.2) is 0 Å². The number of hydrogen-bond acceptors (Lipinski definition) is 7. The third-order valence-electron chi connectivity index (χ3n) is 4.25. The van der Waals surface area contributed by atoms with Crippen molar-refractivity contribution in [2.75, 3.05) is 25.0 Å². The molecule has 1 amide bonds. The smallest absolute Gasteiger partial charge is 0.414 e. The third-order valence-corrected chi connectivity index (χ3v) is 5.15. The summed E-state index contributed by atoms with van der Waals surface area (Å²) in [6.45, 7) is 9.36. The normalized spacial score (nSPS) is 10.2. The number of thiophene rings is 1. The van der Waals surface area contributed by atoms with Crippen molar-refractivity contribution in [2.45, 2.75) is 34.1 Å². The van der Waals surface area contributed by atoms with Gasteiger partial charge >= 0.3 is 17.9 Å². The number of carbonyl (C=O) groups excluding carboxylic acids is 2. The molecule has 180 valence electrons. The number of nitrogens with one attached hydrogen (secondary N) is 2. The van der Waals surface area contributed by atoms with Gasteiger partial charge in [-0.3, -0.25) is 4.79 Å². The lowest BCUT2D eigenvalue weighted by Crippen LogP contribution is -2.29. The van der Waals surface area contributed by atoms with Crippen molar-refractivity contribution in [3.63, 3.8) is 0 Å². The number of benzene rings is 1. The van der Waals surface area contributed by atoms with Crippen molar-refractivity contribution < 1.29 is 34.1 Å². The summed E-state index contributed by atoms with van der Waals surface area (Å²) in [4.78, 5) is 43.0. The fourth-order valence-corrected chi connectivity index (χ4v) is 3.54. The fourth-order valence-electron chi connectivity index (χ4n) is 2.56. The van der Waals surface area contributed by atoms with Gasteiger partial charge in [-0.25, -0.2) is 14.4 Å². The second kappa shape index (κ2) is 14.0. The van der Waals surface area contributed by atoms with E-state index in [0.717, 1.165) is 29.7 Å². The van der Waals surface area contributed by atoms with Crippen molar-refractivity contribution in [2.24, 2.45) is 5.92 Å². The van der Waals surface area contributed by atoms with E-state index in [1.54, 1.807) is 6.92 Å². The number of rotatable bonds is 9. The molecule has 1 aromatic heterocycles. The quantitative estimate of drug-likeness (QED) is 0.243. The molecule has 1 aromatic carbocycles. The van der Waals surface area contributed by atoms with E-state index in [1.165, 1.54) is 11.3 Å². The standard InChI is InChI=1S/C21H28N2O3S.C2H2O4/c1-5-26-21(25)19-17(16-8-6-15(4)7-9-16)13-27-20(19)23-18(24)12-22-11-10-14(2)3;3-1(4)2(5)6/h6-9,13-14,22H,5,10-12H2,1-4H3,(H,23,24);(H,3,4)(H,5,6). The number of esters is 1. The van der Waals surface area contributed by atoms with Gasteiger partial charge in [0.25, 0.3) is 0 Å². The van der Waals surface area contributed by atoms with E-state index in [4.69, 9.17) is 24.5 Å². The number of carbonyl (C=O) groups is 4. The van der Waals surface area contributed by atoms with Crippen LogP contribution in [0.25, 0.3) is 11.1 Å². The summed E-state index contributed by atoms with van der Waals surface area (Å²) >= 11 is 1.34. The highest BCUT2D eigenvalue weighted by atomic mass is 32.1. The number of amides is 1. The second-order valence-electron chi connectivity index (χ2n) is 7.46. The molecule has 0 unspecified atom stereocenters. The monoisotopic (exact) mass is 478 g/mol. The van der Waals surface area contributed by atoms with Crippen molar-refractivity contribution >= 4 is 40.2 Å². The Morgan fingerprint density at radius 3 is 2.18 bits per heavy atom. The molecule has 9 nitrogen and oxygen atoms in total. The average Bonchev–Trinajstić information content (AvgIpc) is 3.15. The summed E-state index contributed by atoms with van der Waals surface area (Å²) in [5.41, 5.74) is 3.27. The Morgan fingerprint density at radius 1 is 1.06 bits per heavy atom. The molecule has 2 aromatic rings. The van der Waals surface area contributed by atoms with E-state index in [1.807, 2.05) is 36.6 Å². The molecule has 0 saturated carbocycles. The summed E-state index contributed by atoms with van der Waals surface area (Å²) in [7, 11) is 0. The molecule has 2 rings (SSSR count). The van der Waals surface area contributed by atoms with Crippen molar-refractivity contribution in [3.8, 4) is 11.1 Å². The molecule has 0 fully saturated rings. The molecular formula is C23H30N2O7S. The SMILES string of the molecule is CCOC(=O)c1c(-c2ccc(C)cc2)csc1NC(=O)CNCCC(C)C.O=C(O)C(=O)O. The highest BCUT2D eigenvalue weighted by Gasteiger charge is 2.22. The second-order valence-corrected chi connectivity index (χ2v) is 8.34. The van der Waals surface area contributed by atoms with E-state index >= 15 is 0 Å². The lowest BCUT2D eigenvalue weighted by Gasteiger charge is -2.10. The van der Waals surface area contributed by atoms with Gasteiger partial charge in [0, 0.05) is 10.9 Å². The van der Waals surface area contributed by atoms with Crippen molar-refractivity contribution in [1.29, 1.82) is 0 Å². The van der Waals surface area contributed by atoms with Gasteiger partial charge in [0.2, 0.25) is 5.91 Å². The number of carboxylic acids is 2. The highest BCUT2D eigenvalue weighted by Crippen LogP contribution is 2.36. The minimum Gasteiger partial charge on any atom is -0.473 e. The Balaban J connectivity index is 0.000000801. The molecular weight excluding hydrogens is 448 g/mol. The van der Waals surface area contributed by atoms with Crippen LogP contribution in [0.3, 0.4) is 0 Å². The molecule has 0 atom stereocenters. The molecule has 0 aliphatic carbocycles. The Kier molecular flexibility index (Phi) is 11.8. The van der Waals surface area contributed by atoms with E-state index in [9.17, 15) is 9.59 Å². The topological polar surface area (TPSA) is 142 Å². The van der Waals surface area contributed by atoms with Crippen LogP contribution < -0.4 is 10.6 Å². The van der Waals surface area contributed by atoms with Gasteiger partial charge in [-0.2, -0.15) is 0 Å². The molecule has 0 saturated heterocycles. The molecule has 4 N–H and O–H groups in total. The molecule has 0 radical (unpaired) electrons. The summed E-state index contributed by atoms with van der Waals surface area (Å²) in [5, 5.41) is 23.2. The summed E-state index contributed by atoms with van der Waals surface area (Å²) in [6, 6.07) is 7.94. The predicted octanol–water partition coefficient (Wildman–Crippen LogP) is 3.63. The number of aryl methyl sites for hydroxylation is 1. The zero-order valence-corrected chi connectivity index (χ0v) is 20.0. The first kappa shape index (κ1) is 27.8. The Morgan fingerprint density at radius 2 is 1.67 bits per heavy atom. The van der Waals surface area contributed by atoms with Gasteiger partial charge in [0.05, 0.1) is 13.2 Å². The average molecular weight is 479 g/mol. The van der Waals surface area contributed by atoms with E-state index in [-0.39, 0.29) is 19.1 Å². The minimum atomic E-state index is -1.82. The first-order valence-electron chi connectivity index (χ1n) is 10.4. The number of ether oxygens (including phenoxy) is 1. The number of aliphatic carboxylic acids is 2. The third kappa shape index (κ3) is 9.84. The van der Waals surface area contributed by atoms with E-state index in [2.05, 4.69) is 24.5 Å². The Bertz CT molecular complexity index is 940. The highest BCUT2D eigenvalue weighted by molar-refractivity contribution is 7.15. The van der Waals surface area contributed by atoms with Crippen LogP contribution in [0.15, 0.2) is 29.6 Å². The Hall–Kier alpha value is -3.24. The van der Waals surface area contributed by atoms with Gasteiger partial charge in [-0.1, -0.05) is 43.7 Å². The molecule has 0 spiro atoms. The summed E-state index contributed by atoms with van der Waals surface area (Å²) in [6.07, 6.45) is 1.01. The van der Waals surface area contributed by atoms with E-state index in [0.29, 0.717) is 16.5 Å². The first-order chi connectivity index (χ1) is 15.6. The predicted molar refractivity (Wildman–Crippen MR) is 127 cm³/mol. The molecule has 10 heteroatoms. The van der Waals surface area contributed by atoms with Crippen LogP contribution in [-0.2, 0) is 19.1 Å². The fraction of sp³-hybridized carbons (Fsp3) is 0.391. The van der Waals surface area contributed by atoms with E-state index < -0.39 is 17.9 Å². The lowest BCUT2D eigenvalue weighted by atomic mass is 10.0. The van der Waals surface area contributed by atoms with Gasteiger partial charge in [-0.15, -0.1) is 11.3 Å². The first-order valence-corrected chi connectivity index (χ1v) is 11.3. The zero-order chi connectivity index (χ0) is 25.0. The van der Waals surface area contributed by atoms with Crippen LogP contribution in [0.2, 0.25) is 0 Å². The van der Waals surface area contributed by atoms with Gasteiger partial charge < -0.3 is 25.6 Å². The molecule has 1 heterocycles. The van der Waals surface area contributed by atoms with Gasteiger partial charge in [-0.05, 0) is 38.3 Å². The minimum absolute atomic E-state index is 0.165. The van der Waals surface area contributed by atoms with Gasteiger partial charge in [0.1, 0.15) is 10.6 Å². The van der Waals surface area contributed by atoms with Crippen LogP contribution in [0.5, 0.6) is 0 Å². The zero-order valence-electron chi connectivity index (χ0n) is 19.1. The van der Waals surface area contributed by atoms with Crippen LogP contribution >= 0.6 is 11.3 Å². The molecule has 0 aliphatic rings. The molecule has 0 aliphatic heterocycles. The Labute approximate surface area is 196 Å². The van der Waals surface area contributed by atoms with Crippen molar-refractivity contribution in [1.82, 2.24) is 5.32 Å². The molecule has 33 heavy (non-hydrogen) atoms. The maximum atomic E-state index is 12.5. The number of anilines is 1. The largest absolute Gasteiger partial charge is 0.473 e. The maximum absolute atomic E-state index is 12.5. The summed E-state index contributed by atoms with van der Waals surface area (Å²) < 4.78 is 5.22. The van der Waals surface area contributed by atoms with Crippen LogP contribution in [0, 0.1) is 12.8 Å². The summed E-state index contributed by atoms with van der Waals surface area (Å²) in [5.74, 6) is -3.64. The maximum Gasteiger partial charge on any atom is 0.414 e. The molecule has 0 bridgehead atoms. The van der Waals surface area contributed by atoms with Crippen LogP contribution in [0.1, 0.15) is 43.1 Å². The number of carboxylic acid groups (broad SMARTS) is 2. The lowest BCUT2D eigenvalue weighted by molar-refractivity contribution is -0.159. The number of hydrogen-bond donors (Lipinski definition) is 4.